The summed E-state index contributed by atoms with van der Waals surface area (Å²) >= 11 is 0. The minimum Gasteiger partial charge on any atom is -0.481 e. The van der Waals surface area contributed by atoms with Gasteiger partial charge in [0.15, 0.2) is 0 Å². The summed E-state index contributed by atoms with van der Waals surface area (Å²) < 4.78 is 26.7. The highest BCUT2D eigenvalue weighted by Gasteiger charge is 2.17. The zero-order valence-corrected chi connectivity index (χ0v) is 15.9. The maximum Gasteiger partial charge on any atom is 0.303 e. The van der Waals surface area contributed by atoms with Gasteiger partial charge in [-0.05, 0) is 6.42 Å². The molecule has 11 nitrogen and oxygen atoms in total. The van der Waals surface area contributed by atoms with Crippen molar-refractivity contribution in [3.8, 4) is 0 Å². The predicted molar refractivity (Wildman–Crippen MR) is 94.2 cm³/mol. The first-order valence-electron chi connectivity index (χ1n) is 9.02. The van der Waals surface area contributed by atoms with Crippen LogP contribution in [0.1, 0.15) is 38.5 Å². The van der Waals surface area contributed by atoms with Crippen LogP contribution in [-0.2, 0) is 19.2 Å². The number of carbonyl (C=O) groups excluding carboxylic acids is 3. The Labute approximate surface area is 166 Å². The minimum atomic E-state index is -1.59. The lowest BCUT2D eigenvalue weighted by molar-refractivity contribution is -0.167. The summed E-state index contributed by atoms with van der Waals surface area (Å²) in [4.78, 5) is 44.9. The molecule has 3 amide bonds. The number of carboxylic acids is 1. The van der Waals surface area contributed by atoms with Crippen LogP contribution in [0.2, 0.25) is 0 Å². The monoisotopic (exact) mass is 426 g/mol. The number of aliphatic carboxylic acids is 1. The van der Waals surface area contributed by atoms with Crippen molar-refractivity contribution >= 4 is 23.7 Å². The van der Waals surface area contributed by atoms with Crippen LogP contribution >= 0.6 is 0 Å². The van der Waals surface area contributed by atoms with Crippen molar-refractivity contribution in [3.05, 3.63) is 0 Å². The number of carbonyl (C=O) groups is 4. The van der Waals surface area contributed by atoms with E-state index in [-0.39, 0.29) is 50.4 Å². The highest BCUT2D eigenvalue weighted by molar-refractivity contribution is 5.83. The van der Waals surface area contributed by atoms with Crippen LogP contribution in [0.25, 0.3) is 0 Å². The molecule has 0 aliphatic heterocycles. The van der Waals surface area contributed by atoms with Gasteiger partial charge in [0, 0.05) is 38.8 Å². The number of nitrogens with two attached hydrogens (primary N) is 1. The lowest BCUT2D eigenvalue weighted by Gasteiger charge is -2.17. The molecule has 0 aromatic rings. The van der Waals surface area contributed by atoms with Crippen molar-refractivity contribution in [2.24, 2.45) is 5.73 Å². The molecule has 2 unspecified atom stereocenters. The van der Waals surface area contributed by atoms with Gasteiger partial charge in [-0.3, -0.25) is 29.6 Å². The molecule has 0 spiro atoms. The van der Waals surface area contributed by atoms with Crippen LogP contribution in [0.5, 0.6) is 0 Å². The number of nitrogens with one attached hydrogen (secondary N) is 1. The molecule has 0 heterocycles. The molecular weight excluding hydrogens is 398 g/mol. The number of amides is 3. The first-order chi connectivity index (χ1) is 13.6. The van der Waals surface area contributed by atoms with E-state index in [0.29, 0.717) is 5.06 Å². The number of halogens is 2. The van der Waals surface area contributed by atoms with E-state index in [9.17, 15) is 38.4 Å². The zero-order chi connectivity index (χ0) is 22.4. The van der Waals surface area contributed by atoms with Gasteiger partial charge in [-0.2, -0.15) is 0 Å². The van der Waals surface area contributed by atoms with Gasteiger partial charge >= 0.3 is 5.97 Å². The fraction of sp³-hybridized carbons (Fsp3) is 0.750. The molecule has 0 saturated carbocycles. The van der Waals surface area contributed by atoms with E-state index in [1.54, 1.807) is 0 Å². The van der Waals surface area contributed by atoms with Crippen LogP contribution < -0.4 is 11.1 Å². The van der Waals surface area contributed by atoms with E-state index in [2.05, 4.69) is 5.32 Å². The van der Waals surface area contributed by atoms with Gasteiger partial charge in [-0.1, -0.05) is 0 Å². The maximum atomic E-state index is 13.7. The maximum absolute atomic E-state index is 13.7. The number of hydrogen-bond donors (Lipinski definition) is 5. The smallest absolute Gasteiger partial charge is 0.303 e. The molecule has 0 aromatic heterocycles. The molecular formula is C16H28F2N4O7. The van der Waals surface area contributed by atoms with Gasteiger partial charge in [0.2, 0.25) is 17.7 Å². The molecule has 2 atom stereocenters. The summed E-state index contributed by atoms with van der Waals surface area (Å²) in [6, 6.07) is 0. The fourth-order valence-corrected chi connectivity index (χ4v) is 2.00. The quantitative estimate of drug-likeness (QED) is 0.174. The summed E-state index contributed by atoms with van der Waals surface area (Å²) in [6.07, 6.45) is -4.96. The average Bonchev–Trinajstić information content (AvgIpc) is 2.69. The lowest BCUT2D eigenvalue weighted by atomic mass is 10.2. The fourth-order valence-electron chi connectivity index (χ4n) is 2.00. The number of hydrogen-bond acceptors (Lipinski definition) is 7. The molecule has 29 heavy (non-hydrogen) atoms. The molecule has 13 heteroatoms. The van der Waals surface area contributed by atoms with Crippen LogP contribution in [0.4, 0.5) is 8.78 Å². The Morgan fingerprint density at radius 2 is 1.34 bits per heavy atom. The second-order valence-corrected chi connectivity index (χ2v) is 6.24. The summed E-state index contributed by atoms with van der Waals surface area (Å²) in [7, 11) is 0. The molecule has 6 N–H and O–H groups in total. The third-order valence-corrected chi connectivity index (χ3v) is 3.78. The molecule has 0 aliphatic rings. The van der Waals surface area contributed by atoms with Crippen LogP contribution in [0.3, 0.4) is 0 Å². The minimum absolute atomic E-state index is 0.144. The largest absolute Gasteiger partial charge is 0.481 e. The Morgan fingerprint density at radius 1 is 0.862 bits per heavy atom. The van der Waals surface area contributed by atoms with Gasteiger partial charge in [0.25, 0.3) is 0 Å². The zero-order valence-electron chi connectivity index (χ0n) is 15.9. The number of hydroxylamine groups is 4. The Hall–Kier alpha value is -2.38. The average molecular weight is 426 g/mol. The van der Waals surface area contributed by atoms with E-state index >= 15 is 0 Å². The first-order valence-corrected chi connectivity index (χ1v) is 9.02. The van der Waals surface area contributed by atoms with E-state index in [1.165, 1.54) is 0 Å². The molecule has 0 bridgehead atoms. The highest BCUT2D eigenvalue weighted by Crippen LogP contribution is 2.03. The van der Waals surface area contributed by atoms with Crippen molar-refractivity contribution in [1.82, 2.24) is 15.4 Å². The summed E-state index contributed by atoms with van der Waals surface area (Å²) in [5.74, 6) is -3.51. The SMILES string of the molecule is NCC(F)CCN(O)C(=O)CCC(=O)NCC(F)CCN(O)C(=O)CCC(=O)O. The van der Waals surface area contributed by atoms with Crippen molar-refractivity contribution in [2.75, 3.05) is 26.2 Å². The predicted octanol–water partition coefficient (Wildman–Crippen LogP) is -0.402. The van der Waals surface area contributed by atoms with Gasteiger partial charge in [-0.25, -0.2) is 18.9 Å². The van der Waals surface area contributed by atoms with E-state index in [0.717, 1.165) is 0 Å². The first kappa shape index (κ1) is 26.6. The van der Waals surface area contributed by atoms with Crippen LogP contribution in [0.15, 0.2) is 0 Å². The molecule has 0 rings (SSSR count). The van der Waals surface area contributed by atoms with Gasteiger partial charge in [0.05, 0.1) is 19.5 Å². The van der Waals surface area contributed by atoms with E-state index < -0.39 is 55.4 Å². The van der Waals surface area contributed by atoms with Crippen molar-refractivity contribution < 1.29 is 43.5 Å². The summed E-state index contributed by atoms with van der Waals surface area (Å²) in [5, 5.41) is 30.0. The third-order valence-electron chi connectivity index (χ3n) is 3.78. The van der Waals surface area contributed by atoms with Gasteiger partial charge < -0.3 is 16.2 Å². The number of nitrogens with zero attached hydrogens (tertiary/aromatic N) is 2. The molecule has 0 radical (unpaired) electrons. The molecule has 0 saturated heterocycles. The Balaban J connectivity index is 3.99. The normalized spacial score (nSPS) is 12.7. The third kappa shape index (κ3) is 13.4. The van der Waals surface area contributed by atoms with Crippen molar-refractivity contribution in [3.63, 3.8) is 0 Å². The van der Waals surface area contributed by atoms with Crippen LogP contribution in [-0.4, -0.2) is 87.9 Å². The topological polar surface area (TPSA) is 173 Å². The number of alkyl halides is 2. The second-order valence-electron chi connectivity index (χ2n) is 6.24. The summed E-state index contributed by atoms with van der Waals surface area (Å²) in [6.45, 7) is -1.31. The lowest BCUT2D eigenvalue weighted by Crippen LogP contribution is -2.35. The Bertz CT molecular complexity index is 553. The molecule has 168 valence electrons. The number of carboxylic acid groups (broad SMARTS) is 1. The number of rotatable bonds is 15. The van der Waals surface area contributed by atoms with Crippen molar-refractivity contribution in [1.29, 1.82) is 0 Å². The van der Waals surface area contributed by atoms with Crippen molar-refractivity contribution in [2.45, 2.75) is 50.9 Å². The highest BCUT2D eigenvalue weighted by atomic mass is 19.1. The second kappa shape index (κ2) is 14.6. The Kier molecular flexibility index (Phi) is 13.4. The standard InChI is InChI=1S/C16H28F2N4O7/c17-11(9-19)5-7-21(28)14(24)2-1-13(23)20-10-12(18)6-8-22(29)15(25)3-4-16(26)27/h11-12,28-29H,1-10,19H2,(H,20,23)(H,26,27). The Morgan fingerprint density at radius 3 is 1.83 bits per heavy atom. The van der Waals surface area contributed by atoms with Gasteiger partial charge in [-0.15, -0.1) is 0 Å². The molecule has 0 aromatic carbocycles. The van der Waals surface area contributed by atoms with Crippen LogP contribution in [0, 0.1) is 0 Å². The summed E-state index contributed by atoms with van der Waals surface area (Å²) in [5.41, 5.74) is 5.07. The molecule has 0 fully saturated rings. The van der Waals surface area contributed by atoms with E-state index in [1.807, 2.05) is 0 Å². The van der Waals surface area contributed by atoms with E-state index in [4.69, 9.17) is 10.8 Å². The molecule has 0 aliphatic carbocycles. The van der Waals surface area contributed by atoms with Gasteiger partial charge in [0.1, 0.15) is 12.3 Å².